The van der Waals surface area contributed by atoms with Gasteiger partial charge in [0.2, 0.25) is 26.0 Å². The first kappa shape index (κ1) is 26.6. The fraction of sp³-hybridized carbons (Fsp3) is 0.435. The number of nitrogens with one attached hydrogen (secondary N) is 1. The highest BCUT2D eigenvalue weighted by molar-refractivity contribution is 7.89. The number of benzene rings is 2. The van der Waals surface area contributed by atoms with Crippen LogP contribution in [0.1, 0.15) is 32.3 Å². The first-order chi connectivity index (χ1) is 16.1. The number of nitrogens with zero attached hydrogens (tertiary/aromatic N) is 2. The van der Waals surface area contributed by atoms with Crippen molar-refractivity contribution >= 4 is 43.2 Å². The fourth-order valence-corrected chi connectivity index (χ4v) is 7.21. The van der Waals surface area contributed by atoms with Crippen LogP contribution in [0.5, 0.6) is 0 Å². The monoisotopic (exact) mass is 527 g/mol. The molecule has 0 spiro atoms. The highest BCUT2D eigenvalue weighted by Crippen LogP contribution is 2.24. The molecule has 1 saturated heterocycles. The van der Waals surface area contributed by atoms with Crippen LogP contribution in [0.25, 0.3) is 0 Å². The Kier molecular flexibility index (Phi) is 8.75. The van der Waals surface area contributed by atoms with Gasteiger partial charge in [-0.05, 0) is 54.8 Å². The molecule has 8 nitrogen and oxygen atoms in total. The van der Waals surface area contributed by atoms with E-state index in [0.29, 0.717) is 42.2 Å². The van der Waals surface area contributed by atoms with E-state index in [1.165, 1.54) is 20.7 Å². The van der Waals surface area contributed by atoms with Gasteiger partial charge in [-0.2, -0.15) is 4.31 Å². The molecule has 0 unspecified atom stereocenters. The number of anilines is 1. The summed E-state index contributed by atoms with van der Waals surface area (Å²) in [6.45, 7) is 4.85. The number of hydrogen-bond donors (Lipinski definition) is 1. The van der Waals surface area contributed by atoms with Crippen LogP contribution in [0.3, 0.4) is 0 Å². The molecule has 1 heterocycles. The number of piperidine rings is 1. The number of rotatable bonds is 9. The Labute approximate surface area is 207 Å². The molecule has 1 amide bonds. The molecule has 0 atom stereocenters. The van der Waals surface area contributed by atoms with Gasteiger partial charge in [-0.25, -0.2) is 21.1 Å². The van der Waals surface area contributed by atoms with Gasteiger partial charge in [-0.15, -0.1) is 0 Å². The second-order valence-corrected chi connectivity index (χ2v) is 12.5. The molecule has 11 heteroatoms. The van der Waals surface area contributed by atoms with Crippen LogP contribution in [-0.2, 0) is 30.6 Å². The summed E-state index contributed by atoms with van der Waals surface area (Å²) in [7, 11) is -7.07. The maximum Gasteiger partial charge on any atom is 0.243 e. The molecule has 1 aliphatic rings. The third-order valence-electron chi connectivity index (χ3n) is 5.92. The standard InChI is InChI=1S/C23H30ClN3O5S2/c1-3-26(4-2)34(31,32)22-10-8-21(9-11-22)25-23(28)19-12-14-27(15-13-19)33(29,30)17-18-6-5-7-20(24)16-18/h5-11,16,19H,3-4,12-15,17H2,1-2H3,(H,25,28). The maximum atomic E-state index is 12.8. The van der Waals surface area contributed by atoms with E-state index in [4.69, 9.17) is 11.6 Å². The summed E-state index contributed by atoms with van der Waals surface area (Å²) in [6.07, 6.45) is 0.823. The minimum atomic E-state index is -3.56. The normalized spacial score (nSPS) is 16.0. The Morgan fingerprint density at radius 2 is 1.65 bits per heavy atom. The molecule has 0 aromatic heterocycles. The molecule has 34 heavy (non-hydrogen) atoms. The average molecular weight is 528 g/mol. The first-order valence-electron chi connectivity index (χ1n) is 11.2. The lowest BCUT2D eigenvalue weighted by Crippen LogP contribution is -2.41. The van der Waals surface area contributed by atoms with E-state index in [1.54, 1.807) is 50.2 Å². The van der Waals surface area contributed by atoms with Crippen molar-refractivity contribution in [3.63, 3.8) is 0 Å². The largest absolute Gasteiger partial charge is 0.326 e. The zero-order valence-corrected chi connectivity index (χ0v) is 21.7. The summed E-state index contributed by atoms with van der Waals surface area (Å²) in [5, 5.41) is 3.30. The molecule has 2 aromatic carbocycles. The number of halogens is 1. The highest BCUT2D eigenvalue weighted by Gasteiger charge is 2.31. The number of amides is 1. The van der Waals surface area contributed by atoms with Gasteiger partial charge in [0.15, 0.2) is 0 Å². The quantitative estimate of drug-likeness (QED) is 0.537. The lowest BCUT2D eigenvalue weighted by molar-refractivity contribution is -0.120. The van der Waals surface area contributed by atoms with Crippen LogP contribution in [0.4, 0.5) is 5.69 Å². The van der Waals surface area contributed by atoms with Crippen molar-refractivity contribution in [2.45, 2.75) is 37.3 Å². The second kappa shape index (κ2) is 11.2. The van der Waals surface area contributed by atoms with E-state index in [0.717, 1.165) is 0 Å². The van der Waals surface area contributed by atoms with Crippen molar-refractivity contribution in [1.82, 2.24) is 8.61 Å². The SMILES string of the molecule is CCN(CC)S(=O)(=O)c1ccc(NC(=O)C2CCN(S(=O)(=O)Cc3cccc(Cl)c3)CC2)cc1. The van der Waals surface area contributed by atoms with Crippen molar-refractivity contribution in [1.29, 1.82) is 0 Å². The van der Waals surface area contributed by atoms with Gasteiger partial charge in [0.05, 0.1) is 10.6 Å². The van der Waals surface area contributed by atoms with E-state index in [1.807, 2.05) is 0 Å². The Morgan fingerprint density at radius 3 is 2.21 bits per heavy atom. The zero-order chi connectivity index (χ0) is 24.9. The molecule has 1 N–H and O–H groups in total. The van der Waals surface area contributed by atoms with Gasteiger partial charge in [0.1, 0.15) is 0 Å². The molecule has 0 aliphatic carbocycles. The summed E-state index contributed by atoms with van der Waals surface area (Å²) in [4.78, 5) is 12.9. The number of sulfonamides is 2. The van der Waals surface area contributed by atoms with E-state index < -0.39 is 20.0 Å². The molecular formula is C23H30ClN3O5S2. The molecule has 0 bridgehead atoms. The van der Waals surface area contributed by atoms with E-state index in [2.05, 4.69) is 5.32 Å². The minimum Gasteiger partial charge on any atom is -0.326 e. The minimum absolute atomic E-state index is 0.132. The van der Waals surface area contributed by atoms with Crippen molar-refractivity contribution in [3.8, 4) is 0 Å². The van der Waals surface area contributed by atoms with Crippen molar-refractivity contribution < 1.29 is 21.6 Å². The number of hydrogen-bond acceptors (Lipinski definition) is 5. The smallest absolute Gasteiger partial charge is 0.243 e. The van der Waals surface area contributed by atoms with Crippen LogP contribution in [0, 0.1) is 5.92 Å². The van der Waals surface area contributed by atoms with Crippen LogP contribution in [0.2, 0.25) is 5.02 Å². The third kappa shape index (κ3) is 6.37. The molecule has 1 fully saturated rings. The lowest BCUT2D eigenvalue weighted by Gasteiger charge is -2.30. The van der Waals surface area contributed by atoms with Gasteiger partial charge in [-0.1, -0.05) is 37.6 Å². The predicted molar refractivity (Wildman–Crippen MR) is 134 cm³/mol. The molecular weight excluding hydrogens is 498 g/mol. The Bertz CT molecular complexity index is 1210. The Morgan fingerprint density at radius 1 is 1.03 bits per heavy atom. The van der Waals surface area contributed by atoms with Crippen molar-refractivity contribution in [2.24, 2.45) is 5.92 Å². The number of carbonyl (C=O) groups is 1. The van der Waals surface area contributed by atoms with Crippen molar-refractivity contribution in [2.75, 3.05) is 31.5 Å². The summed E-state index contributed by atoms with van der Waals surface area (Å²) in [6, 6.07) is 12.9. The van der Waals surface area contributed by atoms with E-state index in [-0.39, 0.29) is 35.6 Å². The van der Waals surface area contributed by atoms with Gasteiger partial charge >= 0.3 is 0 Å². The fourth-order valence-electron chi connectivity index (χ4n) is 3.99. The van der Waals surface area contributed by atoms with Gasteiger partial charge in [0.25, 0.3) is 0 Å². The van der Waals surface area contributed by atoms with Gasteiger partial charge in [-0.3, -0.25) is 4.79 Å². The van der Waals surface area contributed by atoms with E-state index >= 15 is 0 Å². The third-order valence-corrected chi connectivity index (χ3v) is 10.1. The van der Waals surface area contributed by atoms with Gasteiger partial charge in [0, 0.05) is 42.8 Å². The Balaban J connectivity index is 1.56. The first-order valence-corrected chi connectivity index (χ1v) is 14.6. The van der Waals surface area contributed by atoms with Crippen LogP contribution in [-0.4, -0.2) is 57.5 Å². The van der Waals surface area contributed by atoms with Gasteiger partial charge < -0.3 is 5.32 Å². The lowest BCUT2D eigenvalue weighted by atomic mass is 9.97. The van der Waals surface area contributed by atoms with Crippen LogP contribution >= 0.6 is 11.6 Å². The highest BCUT2D eigenvalue weighted by atomic mass is 35.5. The maximum absolute atomic E-state index is 12.8. The number of carbonyl (C=O) groups excluding carboxylic acids is 1. The molecule has 186 valence electrons. The molecule has 1 aliphatic heterocycles. The topological polar surface area (TPSA) is 104 Å². The summed E-state index contributed by atoms with van der Waals surface area (Å²) < 4.78 is 53.5. The molecule has 0 saturated carbocycles. The zero-order valence-electron chi connectivity index (χ0n) is 19.3. The summed E-state index contributed by atoms with van der Waals surface area (Å²) >= 11 is 5.95. The average Bonchev–Trinajstić information content (AvgIpc) is 2.80. The summed E-state index contributed by atoms with van der Waals surface area (Å²) in [5.41, 5.74) is 1.12. The van der Waals surface area contributed by atoms with E-state index in [9.17, 15) is 21.6 Å². The van der Waals surface area contributed by atoms with Crippen LogP contribution < -0.4 is 5.32 Å². The molecule has 0 radical (unpaired) electrons. The van der Waals surface area contributed by atoms with Crippen molar-refractivity contribution in [3.05, 3.63) is 59.1 Å². The Hall–Kier alpha value is -1.98. The molecule has 3 rings (SSSR count). The van der Waals surface area contributed by atoms with Crippen LogP contribution in [0.15, 0.2) is 53.4 Å². The molecule has 2 aromatic rings. The second-order valence-electron chi connectivity index (χ2n) is 8.16. The summed E-state index contributed by atoms with van der Waals surface area (Å²) in [5.74, 6) is -0.657. The predicted octanol–water partition coefficient (Wildman–Crippen LogP) is 3.55.